The van der Waals surface area contributed by atoms with Crippen LogP contribution in [0.25, 0.3) is 5.57 Å². The first-order valence-electron chi connectivity index (χ1n) is 8.58. The van der Waals surface area contributed by atoms with Crippen LogP contribution in [0.15, 0.2) is 17.7 Å². The molecule has 0 saturated carbocycles. The quantitative estimate of drug-likeness (QED) is 0.655. The molecule has 134 valence electrons. The fourth-order valence-electron chi connectivity index (χ4n) is 3.01. The van der Waals surface area contributed by atoms with Gasteiger partial charge in [0.05, 0.1) is 0 Å². The predicted molar refractivity (Wildman–Crippen MR) is 103 cm³/mol. The van der Waals surface area contributed by atoms with Gasteiger partial charge < -0.3 is 5.11 Å². The van der Waals surface area contributed by atoms with Gasteiger partial charge in [-0.25, -0.2) is 0 Å². The monoisotopic (exact) mass is 338 g/mol. The van der Waals surface area contributed by atoms with Crippen LogP contribution in [0.4, 0.5) is 0 Å². The van der Waals surface area contributed by atoms with E-state index in [1.807, 2.05) is 86.6 Å². The lowest BCUT2D eigenvalue weighted by Crippen LogP contribution is -2.19. The Kier molecular flexibility index (Phi) is 5.46. The van der Waals surface area contributed by atoms with Crippen molar-refractivity contribution in [2.75, 3.05) is 0 Å². The van der Waals surface area contributed by atoms with Crippen molar-refractivity contribution >= 4 is 5.57 Å². The Hall–Kier alpha value is -2.26. The van der Waals surface area contributed by atoms with Gasteiger partial charge in [-0.15, -0.1) is 0 Å². The first-order chi connectivity index (χ1) is 11.1. The average Bonchev–Trinajstić information content (AvgIpc) is 2.41. The van der Waals surface area contributed by atoms with E-state index in [1.165, 1.54) is 0 Å². The first kappa shape index (κ1) is 20.8. The minimum atomic E-state index is -0.373. The number of benzene rings is 1. The molecule has 1 aromatic rings. The molecule has 0 radical (unpaired) electrons. The van der Waals surface area contributed by atoms with Crippen LogP contribution in [0, 0.1) is 28.1 Å². The standard InChI is InChI=1S/C22H30N2O/c1-20(2,3)16-10-14(11-17(19(16)25)21(4,5)6)18(22(7,8)9)15(12-23)13-24/h10-11,25H,1-9H3. The maximum absolute atomic E-state index is 10.9. The predicted octanol–water partition coefficient (Wildman–Crippen LogP) is 5.83. The molecule has 25 heavy (non-hydrogen) atoms. The molecule has 3 nitrogen and oxygen atoms in total. The third-order valence-corrected chi connectivity index (χ3v) is 4.24. The van der Waals surface area contributed by atoms with Gasteiger partial charge in [-0.2, -0.15) is 10.5 Å². The topological polar surface area (TPSA) is 67.8 Å². The molecule has 3 heteroatoms. The molecular formula is C22H30N2O. The molecule has 0 aliphatic rings. The van der Waals surface area contributed by atoms with Crippen molar-refractivity contribution in [3.05, 3.63) is 34.4 Å². The summed E-state index contributed by atoms with van der Waals surface area (Å²) >= 11 is 0. The minimum absolute atomic E-state index is 0.123. The van der Waals surface area contributed by atoms with Crippen molar-refractivity contribution in [3.8, 4) is 17.9 Å². The molecule has 0 unspecified atom stereocenters. The van der Waals surface area contributed by atoms with Gasteiger partial charge in [-0.3, -0.25) is 0 Å². The lowest BCUT2D eigenvalue weighted by atomic mass is 9.73. The van der Waals surface area contributed by atoms with Gasteiger partial charge in [0.2, 0.25) is 0 Å². The zero-order valence-electron chi connectivity index (χ0n) is 17.0. The lowest BCUT2D eigenvalue weighted by molar-refractivity contribution is 0.423. The fraction of sp³-hybridized carbons (Fsp3) is 0.545. The van der Waals surface area contributed by atoms with Gasteiger partial charge in [0.25, 0.3) is 0 Å². The van der Waals surface area contributed by atoms with Crippen LogP contribution in [0.3, 0.4) is 0 Å². The summed E-state index contributed by atoms with van der Waals surface area (Å²) < 4.78 is 0. The third-order valence-electron chi connectivity index (χ3n) is 4.24. The van der Waals surface area contributed by atoms with Gasteiger partial charge >= 0.3 is 0 Å². The summed E-state index contributed by atoms with van der Waals surface area (Å²) in [5.41, 5.74) is 2.43. The van der Waals surface area contributed by atoms with E-state index in [1.54, 1.807) is 0 Å². The number of aromatic hydroxyl groups is 1. The van der Waals surface area contributed by atoms with E-state index < -0.39 is 0 Å². The summed E-state index contributed by atoms with van der Waals surface area (Å²) in [6.07, 6.45) is 0. The van der Waals surface area contributed by atoms with Crippen LogP contribution in [0.2, 0.25) is 0 Å². The number of hydrogen-bond acceptors (Lipinski definition) is 3. The molecule has 0 atom stereocenters. The second kappa shape index (κ2) is 6.57. The number of hydrogen-bond donors (Lipinski definition) is 1. The summed E-state index contributed by atoms with van der Waals surface area (Å²) in [6.45, 7) is 18.3. The average molecular weight is 338 g/mol. The molecule has 0 bridgehead atoms. The van der Waals surface area contributed by atoms with Gasteiger partial charge in [-0.05, 0) is 39.5 Å². The van der Waals surface area contributed by atoms with Gasteiger partial charge in [0.15, 0.2) is 0 Å². The van der Waals surface area contributed by atoms with Gasteiger partial charge in [-0.1, -0.05) is 62.3 Å². The van der Waals surface area contributed by atoms with E-state index in [0.29, 0.717) is 11.3 Å². The normalized spacial score (nSPS) is 12.3. The minimum Gasteiger partial charge on any atom is -0.507 e. The molecule has 0 fully saturated rings. The summed E-state index contributed by atoms with van der Waals surface area (Å²) in [5, 5.41) is 29.8. The number of phenolic OH excluding ortho intramolecular Hbond substituents is 1. The van der Waals surface area contributed by atoms with Crippen molar-refractivity contribution < 1.29 is 5.11 Å². The molecule has 0 aliphatic heterocycles. The molecule has 0 spiro atoms. The van der Waals surface area contributed by atoms with E-state index in [0.717, 1.165) is 16.7 Å². The SMILES string of the molecule is CC(C)(C)C(=C(C#N)C#N)c1cc(C(C)(C)C)c(O)c(C(C)(C)C)c1. The van der Waals surface area contributed by atoms with Crippen LogP contribution < -0.4 is 0 Å². The summed E-state index contributed by atoms with van der Waals surface area (Å²) in [4.78, 5) is 0. The summed E-state index contributed by atoms with van der Waals surface area (Å²) in [6, 6.07) is 7.95. The Morgan fingerprint density at radius 3 is 1.40 bits per heavy atom. The van der Waals surface area contributed by atoms with E-state index in [2.05, 4.69) is 0 Å². The van der Waals surface area contributed by atoms with Crippen LogP contribution in [-0.4, -0.2) is 5.11 Å². The van der Waals surface area contributed by atoms with Crippen LogP contribution in [-0.2, 0) is 10.8 Å². The number of nitriles is 2. The van der Waals surface area contributed by atoms with Gasteiger partial charge in [0.1, 0.15) is 23.5 Å². The molecular weight excluding hydrogens is 308 g/mol. The van der Waals surface area contributed by atoms with E-state index in [-0.39, 0.29) is 21.8 Å². The van der Waals surface area contributed by atoms with Crippen molar-refractivity contribution in [1.29, 1.82) is 10.5 Å². The van der Waals surface area contributed by atoms with E-state index >= 15 is 0 Å². The largest absolute Gasteiger partial charge is 0.507 e. The van der Waals surface area contributed by atoms with Crippen LogP contribution in [0.1, 0.15) is 79.0 Å². The second-order valence-corrected chi connectivity index (χ2v) is 9.64. The second-order valence-electron chi connectivity index (χ2n) is 9.64. The number of nitrogens with zero attached hydrogens (tertiary/aromatic N) is 2. The Morgan fingerprint density at radius 1 is 0.800 bits per heavy atom. The Balaban J connectivity index is 4.04. The van der Waals surface area contributed by atoms with Crippen molar-refractivity contribution in [2.24, 2.45) is 5.41 Å². The molecule has 1 aromatic carbocycles. The molecule has 1 rings (SSSR count). The molecule has 0 saturated heterocycles. The number of phenols is 1. The lowest BCUT2D eigenvalue weighted by Gasteiger charge is -2.31. The summed E-state index contributed by atoms with van der Waals surface area (Å²) in [7, 11) is 0. The molecule has 0 aromatic heterocycles. The number of allylic oxidation sites excluding steroid dienone is 2. The zero-order chi connectivity index (χ0) is 19.8. The molecule has 0 amide bonds. The van der Waals surface area contributed by atoms with E-state index in [9.17, 15) is 15.6 Å². The van der Waals surface area contributed by atoms with Crippen LogP contribution >= 0.6 is 0 Å². The molecule has 0 heterocycles. The Bertz CT molecular complexity index is 729. The highest BCUT2D eigenvalue weighted by Crippen LogP contribution is 2.44. The number of rotatable bonds is 1. The van der Waals surface area contributed by atoms with Crippen molar-refractivity contribution in [1.82, 2.24) is 0 Å². The Labute approximate surface area is 152 Å². The molecule has 0 aliphatic carbocycles. The molecule has 1 N–H and O–H groups in total. The first-order valence-corrected chi connectivity index (χ1v) is 8.58. The van der Waals surface area contributed by atoms with Crippen molar-refractivity contribution in [2.45, 2.75) is 73.1 Å². The van der Waals surface area contributed by atoms with Crippen molar-refractivity contribution in [3.63, 3.8) is 0 Å². The summed E-state index contributed by atoms with van der Waals surface area (Å²) in [5.74, 6) is 0.299. The smallest absolute Gasteiger partial charge is 0.133 e. The Morgan fingerprint density at radius 2 is 1.16 bits per heavy atom. The highest BCUT2D eigenvalue weighted by atomic mass is 16.3. The van der Waals surface area contributed by atoms with Crippen LogP contribution in [0.5, 0.6) is 5.75 Å². The fourth-order valence-corrected chi connectivity index (χ4v) is 3.01. The maximum atomic E-state index is 10.9. The van der Waals surface area contributed by atoms with Gasteiger partial charge in [0, 0.05) is 11.1 Å². The third kappa shape index (κ3) is 4.43. The zero-order valence-corrected chi connectivity index (χ0v) is 17.0. The maximum Gasteiger partial charge on any atom is 0.133 e. The highest BCUT2D eigenvalue weighted by Gasteiger charge is 2.30. The highest BCUT2D eigenvalue weighted by molar-refractivity contribution is 5.80. The van der Waals surface area contributed by atoms with E-state index in [4.69, 9.17) is 0 Å².